The second-order valence-electron chi connectivity index (χ2n) is 3.57. The molecule has 16 heavy (non-hydrogen) atoms. The molecule has 2 rings (SSSR count). The number of rotatable bonds is 3. The fourth-order valence-corrected chi connectivity index (χ4v) is 1.81. The van der Waals surface area contributed by atoms with Crippen molar-refractivity contribution in [3.63, 3.8) is 0 Å². The minimum absolute atomic E-state index is 0.274. The first-order valence-electron chi connectivity index (χ1n) is 4.94. The summed E-state index contributed by atoms with van der Waals surface area (Å²) in [6, 6.07) is 5.46. The molecule has 0 saturated carbocycles. The molecule has 1 atom stereocenters. The smallest absolute Gasteiger partial charge is 0.223 e. The Kier molecular flexibility index (Phi) is 3.33. The van der Waals surface area contributed by atoms with E-state index in [0.717, 1.165) is 15.4 Å². The number of fused-ring (bicyclic) bond motifs is 1. The van der Waals surface area contributed by atoms with Crippen LogP contribution in [0.5, 0.6) is 0 Å². The van der Waals surface area contributed by atoms with Crippen molar-refractivity contribution in [2.45, 2.75) is 13.0 Å². The van der Waals surface area contributed by atoms with Crippen LogP contribution in [0.15, 0.2) is 28.9 Å². The largest absolute Gasteiger partial charge is 0.349 e. The van der Waals surface area contributed by atoms with E-state index in [2.05, 4.69) is 31.2 Å². The molecule has 3 nitrogen and oxygen atoms in total. The molecule has 1 unspecified atom stereocenters. The van der Waals surface area contributed by atoms with Gasteiger partial charge < -0.3 is 5.32 Å². The third kappa shape index (κ3) is 2.29. The fourth-order valence-electron chi connectivity index (χ4n) is 1.35. The SMILES string of the molecule is CC(CF)Nc1ncc2c(Br)cccc2n1. The highest BCUT2D eigenvalue weighted by molar-refractivity contribution is 9.10. The summed E-state index contributed by atoms with van der Waals surface area (Å²) in [6.45, 7) is 1.30. The standard InChI is InChI=1S/C11H11BrFN3/c1-7(5-13)15-11-14-6-8-9(12)3-2-4-10(8)16-11/h2-4,6-7H,5H2,1H3,(H,14,15,16). The van der Waals surface area contributed by atoms with Crippen LogP contribution in [0.4, 0.5) is 10.3 Å². The Morgan fingerprint density at radius 2 is 2.31 bits per heavy atom. The van der Waals surface area contributed by atoms with E-state index in [0.29, 0.717) is 5.95 Å². The fraction of sp³-hybridized carbons (Fsp3) is 0.273. The molecular weight excluding hydrogens is 273 g/mol. The van der Waals surface area contributed by atoms with Gasteiger partial charge >= 0.3 is 0 Å². The molecule has 0 aliphatic carbocycles. The summed E-state index contributed by atoms with van der Waals surface area (Å²) in [5.41, 5.74) is 0.831. The summed E-state index contributed by atoms with van der Waals surface area (Å²) < 4.78 is 13.3. The van der Waals surface area contributed by atoms with Crippen LogP contribution in [-0.4, -0.2) is 22.7 Å². The maximum Gasteiger partial charge on any atom is 0.223 e. The molecule has 1 aromatic carbocycles. The van der Waals surface area contributed by atoms with Crippen molar-refractivity contribution in [2.75, 3.05) is 12.0 Å². The Morgan fingerprint density at radius 3 is 3.06 bits per heavy atom. The summed E-state index contributed by atoms with van der Waals surface area (Å²) in [6.07, 6.45) is 1.72. The number of hydrogen-bond acceptors (Lipinski definition) is 3. The summed E-state index contributed by atoms with van der Waals surface area (Å²) in [7, 11) is 0. The first kappa shape index (κ1) is 11.3. The lowest BCUT2D eigenvalue weighted by Gasteiger charge is -2.09. The van der Waals surface area contributed by atoms with Crippen LogP contribution in [0.1, 0.15) is 6.92 Å². The predicted octanol–water partition coefficient (Wildman–Crippen LogP) is 3.16. The molecule has 0 aliphatic heterocycles. The number of benzene rings is 1. The zero-order valence-electron chi connectivity index (χ0n) is 8.74. The summed E-state index contributed by atoms with van der Waals surface area (Å²) in [5, 5.41) is 3.84. The van der Waals surface area contributed by atoms with Crippen LogP contribution in [0.2, 0.25) is 0 Å². The van der Waals surface area contributed by atoms with Gasteiger partial charge in [-0.1, -0.05) is 22.0 Å². The molecule has 0 saturated heterocycles. The average molecular weight is 284 g/mol. The lowest BCUT2D eigenvalue weighted by atomic mass is 10.2. The van der Waals surface area contributed by atoms with Crippen molar-refractivity contribution in [1.29, 1.82) is 0 Å². The highest BCUT2D eigenvalue weighted by Gasteiger charge is 2.05. The minimum Gasteiger partial charge on any atom is -0.349 e. The number of anilines is 1. The van der Waals surface area contributed by atoms with Gasteiger partial charge in [-0.15, -0.1) is 0 Å². The van der Waals surface area contributed by atoms with Gasteiger partial charge in [0, 0.05) is 16.1 Å². The molecule has 0 bridgehead atoms. The van der Waals surface area contributed by atoms with Crippen molar-refractivity contribution in [3.8, 4) is 0 Å². The number of nitrogens with zero attached hydrogens (tertiary/aromatic N) is 2. The number of nitrogens with one attached hydrogen (secondary N) is 1. The molecule has 0 spiro atoms. The van der Waals surface area contributed by atoms with E-state index in [1.165, 1.54) is 0 Å². The summed E-state index contributed by atoms with van der Waals surface area (Å²) in [4.78, 5) is 8.44. The summed E-state index contributed by atoms with van der Waals surface area (Å²) >= 11 is 3.43. The third-order valence-corrected chi connectivity index (χ3v) is 2.87. The molecule has 1 aromatic heterocycles. The molecule has 84 valence electrons. The average Bonchev–Trinajstić information content (AvgIpc) is 2.29. The van der Waals surface area contributed by atoms with E-state index < -0.39 is 6.67 Å². The first-order valence-corrected chi connectivity index (χ1v) is 5.74. The number of halogens is 2. The van der Waals surface area contributed by atoms with E-state index in [9.17, 15) is 4.39 Å². The normalized spacial score (nSPS) is 12.7. The number of alkyl halides is 1. The molecule has 0 radical (unpaired) electrons. The Hall–Kier alpha value is -1.23. The molecule has 0 fully saturated rings. The Balaban J connectivity index is 2.37. The van der Waals surface area contributed by atoms with E-state index in [1.807, 2.05) is 18.2 Å². The molecule has 5 heteroatoms. The van der Waals surface area contributed by atoms with Crippen molar-refractivity contribution >= 4 is 32.8 Å². The number of hydrogen-bond donors (Lipinski definition) is 1. The van der Waals surface area contributed by atoms with Gasteiger partial charge in [0.15, 0.2) is 0 Å². The van der Waals surface area contributed by atoms with Gasteiger partial charge in [-0.2, -0.15) is 0 Å². The van der Waals surface area contributed by atoms with Crippen LogP contribution < -0.4 is 5.32 Å². The topological polar surface area (TPSA) is 37.8 Å². The van der Waals surface area contributed by atoms with Gasteiger partial charge in [-0.25, -0.2) is 14.4 Å². The monoisotopic (exact) mass is 283 g/mol. The first-order chi connectivity index (χ1) is 7.70. The van der Waals surface area contributed by atoms with Gasteiger partial charge in [0.25, 0.3) is 0 Å². The lowest BCUT2D eigenvalue weighted by Crippen LogP contribution is -2.18. The highest BCUT2D eigenvalue weighted by atomic mass is 79.9. The maximum absolute atomic E-state index is 12.3. The van der Waals surface area contributed by atoms with Crippen molar-refractivity contribution in [3.05, 3.63) is 28.9 Å². The van der Waals surface area contributed by atoms with Crippen LogP contribution >= 0.6 is 15.9 Å². The Labute approximate surface area is 101 Å². The lowest BCUT2D eigenvalue weighted by molar-refractivity contribution is 0.459. The molecule has 1 N–H and O–H groups in total. The van der Waals surface area contributed by atoms with E-state index in [4.69, 9.17) is 0 Å². The molecule has 0 amide bonds. The zero-order chi connectivity index (χ0) is 11.5. The van der Waals surface area contributed by atoms with Gasteiger partial charge in [-0.3, -0.25) is 0 Å². The van der Waals surface area contributed by atoms with Crippen LogP contribution in [-0.2, 0) is 0 Å². The van der Waals surface area contributed by atoms with E-state index in [1.54, 1.807) is 13.1 Å². The minimum atomic E-state index is -0.445. The van der Waals surface area contributed by atoms with E-state index >= 15 is 0 Å². The van der Waals surface area contributed by atoms with Gasteiger partial charge in [0.1, 0.15) is 6.67 Å². The predicted molar refractivity (Wildman–Crippen MR) is 66.3 cm³/mol. The van der Waals surface area contributed by atoms with Gasteiger partial charge in [0.05, 0.1) is 11.6 Å². The zero-order valence-corrected chi connectivity index (χ0v) is 10.3. The van der Waals surface area contributed by atoms with Crippen LogP contribution in [0.3, 0.4) is 0 Å². The molecule has 1 heterocycles. The third-order valence-electron chi connectivity index (χ3n) is 2.18. The van der Waals surface area contributed by atoms with Crippen molar-refractivity contribution in [2.24, 2.45) is 0 Å². The van der Waals surface area contributed by atoms with Gasteiger partial charge in [-0.05, 0) is 19.1 Å². The van der Waals surface area contributed by atoms with Crippen LogP contribution in [0, 0.1) is 0 Å². The molecular formula is C11H11BrFN3. The quantitative estimate of drug-likeness (QED) is 0.940. The Bertz CT molecular complexity index is 504. The van der Waals surface area contributed by atoms with E-state index in [-0.39, 0.29) is 6.04 Å². The second-order valence-corrected chi connectivity index (χ2v) is 4.42. The van der Waals surface area contributed by atoms with Crippen LogP contribution in [0.25, 0.3) is 10.9 Å². The molecule has 0 aliphatic rings. The summed E-state index contributed by atoms with van der Waals surface area (Å²) in [5.74, 6) is 0.454. The van der Waals surface area contributed by atoms with Crippen molar-refractivity contribution < 1.29 is 4.39 Å². The highest BCUT2D eigenvalue weighted by Crippen LogP contribution is 2.22. The van der Waals surface area contributed by atoms with Gasteiger partial charge in [0.2, 0.25) is 5.95 Å². The maximum atomic E-state index is 12.3. The number of aromatic nitrogens is 2. The van der Waals surface area contributed by atoms with Crippen molar-refractivity contribution in [1.82, 2.24) is 9.97 Å². The Morgan fingerprint density at radius 1 is 1.50 bits per heavy atom. The second kappa shape index (κ2) is 4.74. The molecule has 2 aromatic rings.